The Balaban J connectivity index is 1.70. The molecule has 2 aromatic carbocycles. The lowest BCUT2D eigenvalue weighted by molar-refractivity contribution is 0.0818. The predicted octanol–water partition coefficient (Wildman–Crippen LogP) is 5.93. The second-order valence-corrected chi connectivity index (χ2v) is 10.9. The van der Waals surface area contributed by atoms with Gasteiger partial charge in [0, 0.05) is 18.3 Å². The molecule has 2 aromatic heterocycles. The molecule has 0 bridgehead atoms. The minimum Gasteiger partial charge on any atom is -0.485 e. The maximum Gasteiger partial charge on any atom is 0.407 e. The SMILES string of the molecule is Cc1cc(OCc2c(F)cccc2F)c2nc(C)c(C(=O)NC(CN(C(=O)O)C(C)(C)C)c3ccc(C#N)cc3)n2c1. The fourth-order valence-corrected chi connectivity index (χ4v) is 4.63. The number of nitriles is 1. The zero-order chi connectivity index (χ0) is 30.8. The summed E-state index contributed by atoms with van der Waals surface area (Å²) in [5.41, 5.74) is 1.56. The van der Waals surface area contributed by atoms with Crippen LogP contribution < -0.4 is 10.1 Å². The topological polar surface area (TPSA) is 120 Å². The average Bonchev–Trinajstić information content (AvgIpc) is 3.25. The quantitative estimate of drug-likeness (QED) is 0.269. The van der Waals surface area contributed by atoms with Crippen molar-refractivity contribution < 1.29 is 28.2 Å². The lowest BCUT2D eigenvalue weighted by atomic mass is 10.0. The first-order valence-corrected chi connectivity index (χ1v) is 13.2. The monoisotopic (exact) mass is 575 g/mol. The highest BCUT2D eigenvalue weighted by molar-refractivity contribution is 5.95. The Bertz CT molecular complexity index is 1670. The molecular formula is C31H31F2N5O4. The standard InChI is InChI=1S/C31H31F2N5O4/c1-18-13-26(42-17-22-23(32)7-6-8-24(22)33)28-35-19(2)27(37(28)15-18)29(39)36-25(16-38(30(40)41)31(3,4)5)21-11-9-20(14-34)10-12-21/h6-13,15,25H,16-17H2,1-5H3,(H,36,39)(H,40,41). The number of carboxylic acid groups (broad SMARTS) is 1. The first kappa shape index (κ1) is 30.0. The molecule has 0 saturated carbocycles. The molecule has 0 spiro atoms. The lowest BCUT2D eigenvalue weighted by Gasteiger charge is -2.36. The van der Waals surface area contributed by atoms with Gasteiger partial charge >= 0.3 is 6.09 Å². The van der Waals surface area contributed by atoms with Gasteiger partial charge in [-0.2, -0.15) is 5.26 Å². The van der Waals surface area contributed by atoms with Crippen LogP contribution in [-0.2, 0) is 6.61 Å². The van der Waals surface area contributed by atoms with Crippen molar-refractivity contribution in [2.75, 3.05) is 6.54 Å². The molecule has 0 aliphatic rings. The van der Waals surface area contributed by atoms with Gasteiger partial charge in [0.2, 0.25) is 0 Å². The number of pyridine rings is 1. The van der Waals surface area contributed by atoms with Crippen molar-refractivity contribution in [3.63, 3.8) is 0 Å². The highest BCUT2D eigenvalue weighted by atomic mass is 19.1. The van der Waals surface area contributed by atoms with E-state index in [1.54, 1.807) is 75.5 Å². The number of benzene rings is 2. The van der Waals surface area contributed by atoms with Crippen molar-refractivity contribution in [2.24, 2.45) is 0 Å². The van der Waals surface area contributed by atoms with Gasteiger partial charge in [0.05, 0.1) is 28.9 Å². The fraction of sp³-hybridized carbons (Fsp3) is 0.290. The molecule has 1 unspecified atom stereocenters. The highest BCUT2D eigenvalue weighted by Gasteiger charge is 2.31. The number of carbonyl (C=O) groups is 2. The Hall–Kier alpha value is -4.98. The van der Waals surface area contributed by atoms with Crippen molar-refractivity contribution in [3.05, 3.63) is 100 Å². The Morgan fingerprint density at radius 1 is 1.14 bits per heavy atom. The molecule has 11 heteroatoms. The van der Waals surface area contributed by atoms with Gasteiger partial charge in [-0.3, -0.25) is 9.20 Å². The summed E-state index contributed by atoms with van der Waals surface area (Å²) in [5, 5.41) is 22.1. The molecule has 0 aliphatic carbocycles. The van der Waals surface area contributed by atoms with Crippen molar-refractivity contribution in [2.45, 2.75) is 52.8 Å². The minimum atomic E-state index is -1.15. The van der Waals surface area contributed by atoms with Crippen LogP contribution in [0, 0.1) is 36.8 Å². The van der Waals surface area contributed by atoms with E-state index in [2.05, 4.69) is 10.3 Å². The molecule has 2 N–H and O–H groups in total. The van der Waals surface area contributed by atoms with E-state index in [4.69, 9.17) is 4.74 Å². The molecule has 4 aromatic rings. The number of hydrogen-bond donors (Lipinski definition) is 2. The summed E-state index contributed by atoms with van der Waals surface area (Å²) in [5.74, 6) is -1.77. The first-order valence-electron chi connectivity index (χ1n) is 13.2. The van der Waals surface area contributed by atoms with Crippen molar-refractivity contribution in [3.8, 4) is 11.8 Å². The third-order valence-electron chi connectivity index (χ3n) is 6.80. The van der Waals surface area contributed by atoms with Gasteiger partial charge in [-0.05, 0) is 76.1 Å². The molecular weight excluding hydrogens is 544 g/mol. The van der Waals surface area contributed by atoms with E-state index in [-0.39, 0.29) is 35.8 Å². The van der Waals surface area contributed by atoms with Crippen molar-refractivity contribution in [1.29, 1.82) is 5.26 Å². The summed E-state index contributed by atoms with van der Waals surface area (Å²) in [6, 6.07) is 13.0. The van der Waals surface area contributed by atoms with E-state index in [0.29, 0.717) is 22.4 Å². The zero-order valence-corrected chi connectivity index (χ0v) is 23.9. The van der Waals surface area contributed by atoms with Gasteiger partial charge < -0.3 is 20.1 Å². The third kappa shape index (κ3) is 6.33. The van der Waals surface area contributed by atoms with E-state index in [1.165, 1.54) is 11.0 Å². The van der Waals surface area contributed by atoms with Gasteiger partial charge in [-0.15, -0.1) is 0 Å². The van der Waals surface area contributed by atoms with Gasteiger partial charge in [0.15, 0.2) is 11.4 Å². The molecule has 2 amide bonds. The van der Waals surface area contributed by atoms with Gasteiger partial charge in [0.25, 0.3) is 5.91 Å². The van der Waals surface area contributed by atoms with Gasteiger partial charge in [0.1, 0.15) is 23.9 Å². The molecule has 9 nitrogen and oxygen atoms in total. The summed E-state index contributed by atoms with van der Waals surface area (Å²) in [4.78, 5) is 31.7. The Labute approximate surface area is 242 Å². The number of fused-ring (bicyclic) bond motifs is 1. The highest BCUT2D eigenvalue weighted by Crippen LogP contribution is 2.27. The Morgan fingerprint density at radius 2 is 1.79 bits per heavy atom. The summed E-state index contributed by atoms with van der Waals surface area (Å²) in [6.07, 6.45) is 0.543. The lowest BCUT2D eigenvalue weighted by Crippen LogP contribution is -2.49. The molecule has 0 fully saturated rings. The fourth-order valence-electron chi connectivity index (χ4n) is 4.63. The van der Waals surface area contributed by atoms with Gasteiger partial charge in [-0.25, -0.2) is 18.6 Å². The number of hydrogen-bond acceptors (Lipinski definition) is 5. The van der Waals surface area contributed by atoms with Crippen molar-refractivity contribution in [1.82, 2.24) is 19.6 Å². The second kappa shape index (κ2) is 11.9. The molecule has 4 rings (SSSR count). The van der Waals surface area contributed by atoms with Gasteiger partial charge in [-0.1, -0.05) is 18.2 Å². The van der Waals surface area contributed by atoms with Crippen LogP contribution in [0.3, 0.4) is 0 Å². The first-order chi connectivity index (χ1) is 19.8. The molecule has 0 radical (unpaired) electrons. The Morgan fingerprint density at radius 3 is 2.36 bits per heavy atom. The minimum absolute atomic E-state index is 0.0617. The Kier molecular flexibility index (Phi) is 8.47. The predicted molar refractivity (Wildman–Crippen MR) is 151 cm³/mol. The van der Waals surface area contributed by atoms with E-state index >= 15 is 0 Å². The smallest absolute Gasteiger partial charge is 0.407 e. The largest absolute Gasteiger partial charge is 0.485 e. The zero-order valence-electron chi connectivity index (χ0n) is 23.9. The number of nitrogens with one attached hydrogen (secondary N) is 1. The summed E-state index contributed by atoms with van der Waals surface area (Å²) < 4.78 is 35.7. The van der Waals surface area contributed by atoms with E-state index in [0.717, 1.165) is 12.1 Å². The van der Waals surface area contributed by atoms with E-state index in [1.807, 2.05) is 6.07 Å². The van der Waals surface area contributed by atoms with Crippen LogP contribution in [0.2, 0.25) is 0 Å². The normalized spacial score (nSPS) is 12.0. The number of halogens is 2. The number of aromatic nitrogens is 2. The van der Waals surface area contributed by atoms with E-state index in [9.17, 15) is 28.7 Å². The number of nitrogens with zero attached hydrogens (tertiary/aromatic N) is 4. The average molecular weight is 576 g/mol. The van der Waals surface area contributed by atoms with Crippen LogP contribution >= 0.6 is 0 Å². The number of aryl methyl sites for hydroxylation is 2. The molecule has 1 atom stereocenters. The number of imidazole rings is 1. The second-order valence-electron chi connectivity index (χ2n) is 10.9. The van der Waals surface area contributed by atoms with E-state index < -0.39 is 35.2 Å². The van der Waals surface area contributed by atoms with Crippen molar-refractivity contribution >= 4 is 17.6 Å². The number of ether oxygens (including phenoxy) is 1. The maximum absolute atomic E-state index is 14.2. The third-order valence-corrected chi connectivity index (χ3v) is 6.80. The van der Waals surface area contributed by atoms with Crippen LogP contribution in [0.1, 0.15) is 65.2 Å². The molecule has 0 saturated heterocycles. The summed E-state index contributed by atoms with van der Waals surface area (Å²) in [6.45, 7) is 8.24. The van der Waals surface area contributed by atoms with Crippen LogP contribution in [0.5, 0.6) is 5.75 Å². The van der Waals surface area contributed by atoms with Crippen LogP contribution in [0.25, 0.3) is 5.65 Å². The van der Waals surface area contributed by atoms with Crippen LogP contribution in [0.4, 0.5) is 13.6 Å². The van der Waals surface area contributed by atoms with Crippen LogP contribution in [-0.4, -0.2) is 43.5 Å². The summed E-state index contributed by atoms with van der Waals surface area (Å²) in [7, 11) is 0. The number of carbonyl (C=O) groups excluding carboxylic acids is 1. The molecule has 0 aliphatic heterocycles. The number of rotatable bonds is 8. The number of amides is 2. The van der Waals surface area contributed by atoms with Crippen LogP contribution in [0.15, 0.2) is 54.7 Å². The molecule has 2 heterocycles. The summed E-state index contributed by atoms with van der Waals surface area (Å²) >= 11 is 0. The maximum atomic E-state index is 14.2. The molecule has 42 heavy (non-hydrogen) atoms. The molecule has 218 valence electrons.